The summed E-state index contributed by atoms with van der Waals surface area (Å²) in [6.07, 6.45) is 1.87. The second-order valence-corrected chi connectivity index (χ2v) is 4.34. The van der Waals surface area contributed by atoms with Crippen molar-refractivity contribution < 1.29 is 0 Å². The van der Waals surface area contributed by atoms with Crippen molar-refractivity contribution in [2.75, 3.05) is 13.1 Å². The summed E-state index contributed by atoms with van der Waals surface area (Å²) < 4.78 is 1.54. The van der Waals surface area contributed by atoms with E-state index in [1.165, 1.54) is 0 Å². The SMILES string of the molecule is Cl.O=c1c2ccccc2nnn1C1CCNCC1. The Bertz CT molecular complexity index is 592. The fraction of sp³-hybridized carbons (Fsp3) is 0.417. The van der Waals surface area contributed by atoms with Crippen LogP contribution in [0.4, 0.5) is 0 Å². The van der Waals surface area contributed by atoms with Crippen LogP contribution in [0.2, 0.25) is 0 Å². The summed E-state index contributed by atoms with van der Waals surface area (Å²) in [5.74, 6) is 0. The van der Waals surface area contributed by atoms with Gasteiger partial charge in [0, 0.05) is 0 Å². The molecule has 0 bridgehead atoms. The van der Waals surface area contributed by atoms with Gasteiger partial charge in [0.25, 0.3) is 5.56 Å². The first-order chi connectivity index (χ1) is 8.36. The Morgan fingerprint density at radius 3 is 2.72 bits per heavy atom. The monoisotopic (exact) mass is 266 g/mol. The molecule has 2 aromatic rings. The number of hydrogen-bond donors (Lipinski definition) is 1. The summed E-state index contributed by atoms with van der Waals surface area (Å²) in [7, 11) is 0. The largest absolute Gasteiger partial charge is 0.317 e. The molecule has 0 radical (unpaired) electrons. The maximum Gasteiger partial charge on any atom is 0.277 e. The molecule has 96 valence electrons. The lowest BCUT2D eigenvalue weighted by Crippen LogP contribution is -2.36. The minimum atomic E-state index is -0.0255. The van der Waals surface area contributed by atoms with Crippen molar-refractivity contribution in [2.45, 2.75) is 18.9 Å². The Morgan fingerprint density at radius 2 is 1.94 bits per heavy atom. The highest BCUT2D eigenvalue weighted by atomic mass is 35.5. The van der Waals surface area contributed by atoms with Crippen LogP contribution in [0.3, 0.4) is 0 Å². The van der Waals surface area contributed by atoms with Gasteiger partial charge in [-0.15, -0.1) is 17.5 Å². The van der Waals surface area contributed by atoms with Crippen molar-refractivity contribution in [1.82, 2.24) is 20.3 Å². The molecule has 1 aromatic heterocycles. The average molecular weight is 267 g/mol. The van der Waals surface area contributed by atoms with E-state index in [0.717, 1.165) is 25.9 Å². The molecule has 3 rings (SSSR count). The predicted octanol–water partition coefficient (Wildman–Crippen LogP) is 1.14. The van der Waals surface area contributed by atoms with Crippen LogP contribution in [0, 0.1) is 0 Å². The van der Waals surface area contributed by atoms with E-state index in [0.29, 0.717) is 10.9 Å². The molecule has 6 heteroatoms. The van der Waals surface area contributed by atoms with Gasteiger partial charge in [0.1, 0.15) is 5.52 Å². The van der Waals surface area contributed by atoms with Crippen LogP contribution in [0.1, 0.15) is 18.9 Å². The van der Waals surface area contributed by atoms with E-state index in [1.54, 1.807) is 4.68 Å². The number of benzene rings is 1. The maximum absolute atomic E-state index is 12.3. The molecule has 18 heavy (non-hydrogen) atoms. The summed E-state index contributed by atoms with van der Waals surface area (Å²) in [5.41, 5.74) is 0.644. The lowest BCUT2D eigenvalue weighted by molar-refractivity contribution is 0.324. The van der Waals surface area contributed by atoms with E-state index in [9.17, 15) is 4.79 Å². The van der Waals surface area contributed by atoms with Crippen molar-refractivity contribution in [3.05, 3.63) is 34.6 Å². The number of fused-ring (bicyclic) bond motifs is 1. The van der Waals surface area contributed by atoms with Gasteiger partial charge in [-0.1, -0.05) is 17.3 Å². The van der Waals surface area contributed by atoms with Crippen LogP contribution in [0.15, 0.2) is 29.1 Å². The van der Waals surface area contributed by atoms with Gasteiger partial charge in [-0.2, -0.15) is 0 Å². The van der Waals surface area contributed by atoms with E-state index in [-0.39, 0.29) is 24.0 Å². The topological polar surface area (TPSA) is 59.8 Å². The third kappa shape index (κ3) is 2.23. The van der Waals surface area contributed by atoms with Crippen molar-refractivity contribution >= 4 is 23.3 Å². The Kier molecular flexibility index (Phi) is 3.93. The molecule has 0 atom stereocenters. The molecule has 0 aliphatic carbocycles. The molecule has 5 nitrogen and oxygen atoms in total. The minimum absolute atomic E-state index is 0. The molecule has 0 amide bonds. The molecule has 1 aromatic carbocycles. The highest BCUT2D eigenvalue weighted by molar-refractivity contribution is 5.85. The zero-order chi connectivity index (χ0) is 11.7. The third-order valence-electron chi connectivity index (χ3n) is 3.25. The van der Waals surface area contributed by atoms with Gasteiger partial charge < -0.3 is 5.32 Å². The molecule has 1 N–H and O–H groups in total. The lowest BCUT2D eigenvalue weighted by Gasteiger charge is -2.22. The van der Waals surface area contributed by atoms with Crippen molar-refractivity contribution in [3.8, 4) is 0 Å². The fourth-order valence-corrected chi connectivity index (χ4v) is 2.29. The summed E-state index contributed by atoms with van der Waals surface area (Å²) in [4.78, 5) is 12.3. The number of piperidine rings is 1. The number of hydrogen-bond acceptors (Lipinski definition) is 4. The van der Waals surface area contributed by atoms with Gasteiger partial charge in [0.15, 0.2) is 0 Å². The van der Waals surface area contributed by atoms with E-state index in [4.69, 9.17) is 0 Å². The van der Waals surface area contributed by atoms with Crippen LogP contribution in [-0.4, -0.2) is 28.1 Å². The third-order valence-corrected chi connectivity index (χ3v) is 3.25. The number of rotatable bonds is 1. The number of halogens is 1. The van der Waals surface area contributed by atoms with Gasteiger partial charge in [0.05, 0.1) is 11.4 Å². The van der Waals surface area contributed by atoms with Gasteiger partial charge in [-0.3, -0.25) is 4.79 Å². The first-order valence-corrected chi connectivity index (χ1v) is 5.91. The van der Waals surface area contributed by atoms with Crippen molar-refractivity contribution in [3.63, 3.8) is 0 Å². The molecule has 1 fully saturated rings. The Morgan fingerprint density at radius 1 is 1.22 bits per heavy atom. The van der Waals surface area contributed by atoms with Gasteiger partial charge >= 0.3 is 0 Å². The van der Waals surface area contributed by atoms with Crippen molar-refractivity contribution in [1.29, 1.82) is 0 Å². The second kappa shape index (κ2) is 5.46. The number of nitrogens with one attached hydrogen (secondary N) is 1. The smallest absolute Gasteiger partial charge is 0.277 e. The van der Waals surface area contributed by atoms with E-state index in [2.05, 4.69) is 15.6 Å². The minimum Gasteiger partial charge on any atom is -0.317 e. The Labute approximate surface area is 111 Å². The van der Waals surface area contributed by atoms with Crippen LogP contribution in [-0.2, 0) is 0 Å². The zero-order valence-corrected chi connectivity index (χ0v) is 10.7. The van der Waals surface area contributed by atoms with Crippen LogP contribution < -0.4 is 10.9 Å². The molecule has 1 aliphatic rings. The fourth-order valence-electron chi connectivity index (χ4n) is 2.29. The molecular formula is C12H15ClN4O. The maximum atomic E-state index is 12.3. The summed E-state index contributed by atoms with van der Waals surface area (Å²) in [6.45, 7) is 1.87. The molecule has 0 spiro atoms. The number of aromatic nitrogens is 3. The summed E-state index contributed by atoms with van der Waals surface area (Å²) >= 11 is 0. The van der Waals surface area contributed by atoms with Crippen molar-refractivity contribution in [2.24, 2.45) is 0 Å². The van der Waals surface area contributed by atoms with Crippen LogP contribution in [0.5, 0.6) is 0 Å². The normalized spacial score (nSPS) is 16.4. The summed E-state index contributed by atoms with van der Waals surface area (Å²) in [6, 6.07) is 7.53. The van der Waals surface area contributed by atoms with E-state index < -0.39 is 0 Å². The molecule has 0 unspecified atom stereocenters. The second-order valence-electron chi connectivity index (χ2n) is 4.34. The number of nitrogens with zero attached hydrogens (tertiary/aromatic N) is 3. The lowest BCUT2D eigenvalue weighted by atomic mass is 10.1. The molecule has 1 saturated heterocycles. The molecule has 0 saturated carbocycles. The van der Waals surface area contributed by atoms with Gasteiger partial charge in [0.2, 0.25) is 0 Å². The Balaban J connectivity index is 0.00000120. The van der Waals surface area contributed by atoms with Gasteiger partial charge in [-0.25, -0.2) is 4.68 Å². The van der Waals surface area contributed by atoms with Crippen LogP contribution in [0.25, 0.3) is 10.9 Å². The highest BCUT2D eigenvalue weighted by Gasteiger charge is 2.18. The highest BCUT2D eigenvalue weighted by Crippen LogP contribution is 2.15. The first-order valence-electron chi connectivity index (χ1n) is 5.91. The Hall–Kier alpha value is -1.46. The van der Waals surface area contributed by atoms with Gasteiger partial charge in [-0.05, 0) is 38.1 Å². The molecule has 1 aliphatic heterocycles. The molecular weight excluding hydrogens is 252 g/mol. The zero-order valence-electron chi connectivity index (χ0n) is 9.87. The summed E-state index contributed by atoms with van der Waals surface area (Å²) in [5, 5.41) is 12.1. The predicted molar refractivity (Wildman–Crippen MR) is 72.2 cm³/mol. The standard InChI is InChI=1S/C12H14N4O.ClH/c17-12-10-3-1-2-4-11(10)14-15-16(12)9-5-7-13-8-6-9;/h1-4,9,13H,5-8H2;1H. The first kappa shape index (κ1) is 13.0. The van der Waals surface area contributed by atoms with E-state index in [1.807, 2.05) is 24.3 Å². The molecule has 2 heterocycles. The van der Waals surface area contributed by atoms with Crippen LogP contribution >= 0.6 is 12.4 Å². The van der Waals surface area contributed by atoms with E-state index >= 15 is 0 Å². The average Bonchev–Trinajstić information content (AvgIpc) is 2.40. The quantitative estimate of drug-likeness (QED) is 0.841.